The fourth-order valence-corrected chi connectivity index (χ4v) is 5.58. The molecule has 2 aliphatic heterocycles. The number of piperidine rings is 1. The number of guanidine groups is 1. The molecule has 0 amide bonds. The molecule has 5 rings (SSSR count). The molecular weight excluding hydrogens is 404 g/mol. The zero-order chi connectivity index (χ0) is 23.1. The summed E-state index contributed by atoms with van der Waals surface area (Å²) < 4.78 is 0. The molecule has 33 heavy (non-hydrogen) atoms. The van der Waals surface area contributed by atoms with Crippen LogP contribution in [0.4, 0.5) is 11.4 Å². The van der Waals surface area contributed by atoms with Crippen LogP contribution in [0.15, 0.2) is 60.1 Å². The van der Waals surface area contributed by atoms with Crippen molar-refractivity contribution in [3.63, 3.8) is 0 Å². The van der Waals surface area contributed by atoms with Gasteiger partial charge in [0, 0.05) is 47.7 Å². The molecule has 4 heteroatoms. The van der Waals surface area contributed by atoms with Gasteiger partial charge in [-0.1, -0.05) is 56.0 Å². The zero-order valence-electron chi connectivity index (χ0n) is 20.4. The SMILES string of the molecule is C=C1c2cccc(C(C)Nc3ccccc3/C(=C/C)CC)c2N=C(N2CC3CC3C2)N1CC. The highest BCUT2D eigenvalue weighted by Crippen LogP contribution is 2.47. The molecule has 1 saturated heterocycles. The Balaban J connectivity index is 1.51. The molecule has 1 aliphatic carbocycles. The lowest BCUT2D eigenvalue weighted by Crippen LogP contribution is -2.44. The average Bonchev–Trinajstić information content (AvgIpc) is 3.45. The number of allylic oxidation sites excluding steroid dienone is 2. The number of para-hydroxylation sites is 2. The molecule has 0 radical (unpaired) electrons. The third-order valence-corrected chi connectivity index (χ3v) is 7.58. The molecule has 3 atom stereocenters. The first-order chi connectivity index (χ1) is 16.0. The number of likely N-dealkylation sites (tertiary alicyclic amines) is 1. The van der Waals surface area contributed by atoms with E-state index in [1.807, 2.05) is 0 Å². The minimum atomic E-state index is 0.119. The smallest absolute Gasteiger partial charge is 0.206 e. The van der Waals surface area contributed by atoms with Crippen LogP contribution in [0.5, 0.6) is 0 Å². The third kappa shape index (κ3) is 3.86. The third-order valence-electron chi connectivity index (χ3n) is 7.58. The van der Waals surface area contributed by atoms with Gasteiger partial charge in [0.1, 0.15) is 0 Å². The predicted molar refractivity (Wildman–Crippen MR) is 141 cm³/mol. The van der Waals surface area contributed by atoms with Crippen molar-refractivity contribution >= 4 is 28.6 Å². The first-order valence-corrected chi connectivity index (χ1v) is 12.5. The Morgan fingerprint density at radius 2 is 1.91 bits per heavy atom. The molecule has 2 aromatic carbocycles. The fourth-order valence-electron chi connectivity index (χ4n) is 5.58. The van der Waals surface area contributed by atoms with Gasteiger partial charge in [-0.25, -0.2) is 4.99 Å². The monoisotopic (exact) mass is 440 g/mol. The Morgan fingerprint density at radius 3 is 2.61 bits per heavy atom. The number of nitrogens with zero attached hydrogens (tertiary/aromatic N) is 3. The van der Waals surface area contributed by atoms with Crippen LogP contribution in [0.2, 0.25) is 0 Å². The lowest BCUT2D eigenvalue weighted by molar-refractivity contribution is 0.398. The van der Waals surface area contributed by atoms with Gasteiger partial charge >= 0.3 is 0 Å². The van der Waals surface area contributed by atoms with Gasteiger partial charge in [0.05, 0.1) is 11.7 Å². The first-order valence-electron chi connectivity index (χ1n) is 12.5. The summed E-state index contributed by atoms with van der Waals surface area (Å²) in [5.41, 5.74) is 8.32. The molecule has 1 N–H and O–H groups in total. The molecule has 3 aliphatic rings. The van der Waals surface area contributed by atoms with E-state index in [2.05, 4.69) is 97.9 Å². The predicted octanol–water partition coefficient (Wildman–Crippen LogP) is 6.92. The Morgan fingerprint density at radius 1 is 1.15 bits per heavy atom. The summed E-state index contributed by atoms with van der Waals surface area (Å²) in [6.07, 6.45) is 4.63. The highest BCUT2D eigenvalue weighted by molar-refractivity contribution is 5.97. The second kappa shape index (κ2) is 8.74. The summed E-state index contributed by atoms with van der Waals surface area (Å²) in [6, 6.07) is 15.3. The van der Waals surface area contributed by atoms with Gasteiger partial charge in [0.2, 0.25) is 5.96 Å². The van der Waals surface area contributed by atoms with Crippen molar-refractivity contribution in [1.29, 1.82) is 0 Å². The summed E-state index contributed by atoms with van der Waals surface area (Å²) in [5, 5.41) is 3.80. The Hall–Kier alpha value is -3.01. The number of aliphatic imine (C=N–C) groups is 1. The Bertz CT molecular complexity index is 1120. The van der Waals surface area contributed by atoms with E-state index in [4.69, 9.17) is 4.99 Å². The van der Waals surface area contributed by atoms with Crippen LogP contribution in [0.3, 0.4) is 0 Å². The van der Waals surface area contributed by atoms with Crippen LogP contribution in [0.25, 0.3) is 11.3 Å². The summed E-state index contributed by atoms with van der Waals surface area (Å²) in [4.78, 5) is 10.1. The van der Waals surface area contributed by atoms with Gasteiger partial charge in [0.15, 0.2) is 0 Å². The second-order valence-electron chi connectivity index (χ2n) is 9.59. The van der Waals surface area contributed by atoms with E-state index in [1.54, 1.807) is 0 Å². The first kappa shape index (κ1) is 21.8. The fraction of sp³-hybridized carbons (Fsp3) is 0.414. The molecule has 4 nitrogen and oxygen atoms in total. The van der Waals surface area contributed by atoms with Crippen LogP contribution >= 0.6 is 0 Å². The topological polar surface area (TPSA) is 30.9 Å². The quantitative estimate of drug-likeness (QED) is 0.529. The van der Waals surface area contributed by atoms with Crippen molar-refractivity contribution in [2.24, 2.45) is 16.8 Å². The Labute approximate surface area is 198 Å². The van der Waals surface area contributed by atoms with Crippen LogP contribution in [0.1, 0.15) is 63.3 Å². The lowest BCUT2D eigenvalue weighted by atomic mass is 9.97. The number of anilines is 1. The molecule has 3 unspecified atom stereocenters. The minimum Gasteiger partial charge on any atom is -0.378 e. The summed E-state index contributed by atoms with van der Waals surface area (Å²) >= 11 is 0. The van der Waals surface area contributed by atoms with Crippen LogP contribution in [-0.2, 0) is 0 Å². The number of fused-ring (bicyclic) bond motifs is 2. The highest BCUT2D eigenvalue weighted by Gasteiger charge is 2.47. The van der Waals surface area contributed by atoms with Crippen LogP contribution in [0, 0.1) is 11.8 Å². The zero-order valence-corrected chi connectivity index (χ0v) is 20.4. The maximum Gasteiger partial charge on any atom is 0.206 e. The standard InChI is InChI=1S/C29H36N4/c1-6-21(7-2)26-12-9-10-15-27(26)30-19(4)24-13-11-14-25-20(5)33(8-3)29(31-28(24)25)32-17-22-16-23(22)18-32/h6,9-15,19,22-23,30H,5,7-8,16-18H2,1-4H3/b21-6+. The average molecular weight is 441 g/mol. The van der Waals surface area contributed by atoms with Gasteiger partial charge in [-0.05, 0) is 57.1 Å². The van der Waals surface area contributed by atoms with Gasteiger partial charge in [0.25, 0.3) is 0 Å². The van der Waals surface area contributed by atoms with E-state index in [1.165, 1.54) is 28.8 Å². The summed E-state index contributed by atoms with van der Waals surface area (Å²) in [6.45, 7) is 16.4. The number of benzene rings is 2. The van der Waals surface area contributed by atoms with E-state index in [0.717, 1.165) is 60.8 Å². The molecule has 2 fully saturated rings. The Kier molecular flexibility index (Phi) is 5.77. The van der Waals surface area contributed by atoms with Crippen molar-refractivity contribution in [2.75, 3.05) is 25.0 Å². The summed E-state index contributed by atoms with van der Waals surface area (Å²) in [5.74, 6) is 2.82. The van der Waals surface area contributed by atoms with Crippen molar-refractivity contribution in [3.05, 3.63) is 71.8 Å². The molecular formula is C29H36N4. The molecule has 2 heterocycles. The number of nitrogens with one attached hydrogen (secondary N) is 1. The summed E-state index contributed by atoms with van der Waals surface area (Å²) in [7, 11) is 0. The van der Waals surface area contributed by atoms with Crippen LogP contribution < -0.4 is 5.32 Å². The second-order valence-corrected chi connectivity index (χ2v) is 9.59. The molecule has 1 saturated carbocycles. The largest absolute Gasteiger partial charge is 0.378 e. The van der Waals surface area contributed by atoms with Gasteiger partial charge < -0.3 is 15.1 Å². The molecule has 0 bridgehead atoms. The van der Waals surface area contributed by atoms with Crippen LogP contribution in [-0.4, -0.2) is 35.4 Å². The van der Waals surface area contributed by atoms with Gasteiger partial charge in [-0.15, -0.1) is 0 Å². The van der Waals surface area contributed by atoms with Gasteiger partial charge in [-0.2, -0.15) is 0 Å². The van der Waals surface area contributed by atoms with Crippen molar-refractivity contribution < 1.29 is 0 Å². The highest BCUT2D eigenvalue weighted by atomic mass is 15.4. The maximum atomic E-state index is 5.29. The van der Waals surface area contributed by atoms with Crippen molar-refractivity contribution in [3.8, 4) is 0 Å². The maximum absolute atomic E-state index is 5.29. The van der Waals surface area contributed by atoms with E-state index in [0.29, 0.717) is 0 Å². The van der Waals surface area contributed by atoms with E-state index < -0.39 is 0 Å². The van der Waals surface area contributed by atoms with E-state index in [9.17, 15) is 0 Å². The molecule has 0 spiro atoms. The molecule has 172 valence electrons. The van der Waals surface area contributed by atoms with Crippen molar-refractivity contribution in [2.45, 2.75) is 46.6 Å². The van der Waals surface area contributed by atoms with Gasteiger partial charge in [-0.3, -0.25) is 0 Å². The number of rotatable bonds is 6. The van der Waals surface area contributed by atoms with Crippen molar-refractivity contribution in [1.82, 2.24) is 9.80 Å². The number of hydrogen-bond donors (Lipinski definition) is 1. The molecule has 0 aromatic heterocycles. The van der Waals surface area contributed by atoms with E-state index in [-0.39, 0.29) is 6.04 Å². The molecule has 2 aromatic rings. The van der Waals surface area contributed by atoms with E-state index >= 15 is 0 Å². The lowest BCUT2D eigenvalue weighted by Gasteiger charge is -2.37. The normalized spacial score (nSPS) is 22.6. The minimum absolute atomic E-state index is 0.119. The number of hydrogen-bond acceptors (Lipinski definition) is 4.